The Labute approximate surface area is 209 Å². The number of ether oxygens (including phenoxy) is 1. The molecule has 4 aromatic rings. The van der Waals surface area contributed by atoms with Crippen molar-refractivity contribution in [1.29, 1.82) is 5.26 Å². The molecule has 3 aromatic carbocycles. The van der Waals surface area contributed by atoms with Crippen molar-refractivity contribution in [2.75, 3.05) is 16.7 Å². The number of benzene rings is 3. The van der Waals surface area contributed by atoms with Crippen LogP contribution in [0.5, 0.6) is 11.6 Å². The maximum absolute atomic E-state index is 13.1. The molecule has 0 aliphatic rings. The van der Waals surface area contributed by atoms with Gasteiger partial charge in [-0.3, -0.25) is 9.10 Å². The first kappa shape index (κ1) is 24.4. The molecule has 36 heavy (non-hydrogen) atoms. The lowest BCUT2D eigenvalue weighted by Gasteiger charge is -2.19. The molecule has 0 bridgehead atoms. The van der Waals surface area contributed by atoms with Crippen LogP contribution in [0.15, 0.2) is 96.0 Å². The summed E-state index contributed by atoms with van der Waals surface area (Å²) in [5, 5.41) is 12.0. The fourth-order valence-corrected chi connectivity index (χ4v) is 4.68. The fraction of sp³-hybridized carbons (Fsp3) is 0.0741. The van der Waals surface area contributed by atoms with Gasteiger partial charge in [0, 0.05) is 24.5 Å². The van der Waals surface area contributed by atoms with Crippen molar-refractivity contribution in [1.82, 2.24) is 4.98 Å². The lowest BCUT2D eigenvalue weighted by atomic mass is 10.1. The summed E-state index contributed by atoms with van der Waals surface area (Å²) in [6.45, 7) is 1.79. The highest BCUT2D eigenvalue weighted by Gasteiger charge is 2.22. The number of para-hydroxylation sites is 1. The molecule has 180 valence electrons. The number of hydrogen-bond donors (Lipinski definition) is 1. The first-order valence-electron chi connectivity index (χ1n) is 10.9. The van der Waals surface area contributed by atoms with Crippen molar-refractivity contribution in [3.05, 3.63) is 108 Å². The molecule has 0 fully saturated rings. The maximum Gasteiger partial charge on any atom is 0.264 e. The Morgan fingerprint density at radius 2 is 1.78 bits per heavy atom. The normalized spacial score (nSPS) is 10.8. The number of nitrogens with one attached hydrogen (secondary N) is 1. The SMILES string of the molecule is Cc1cc(Oc2ncccc2C#N)ccc1NC(=O)c1cccc(S(=O)(=O)N(C)c2ccccc2)c1. The topological polar surface area (TPSA) is 112 Å². The monoisotopic (exact) mass is 498 g/mol. The summed E-state index contributed by atoms with van der Waals surface area (Å²) >= 11 is 0. The molecular weight excluding hydrogens is 476 g/mol. The molecule has 0 aliphatic heterocycles. The number of nitrogens with zero attached hydrogens (tertiary/aromatic N) is 3. The van der Waals surface area contributed by atoms with Gasteiger partial charge in [-0.1, -0.05) is 24.3 Å². The van der Waals surface area contributed by atoms with E-state index in [0.29, 0.717) is 28.3 Å². The summed E-state index contributed by atoms with van der Waals surface area (Å²) in [7, 11) is -2.40. The third kappa shape index (κ3) is 5.19. The largest absolute Gasteiger partial charge is 0.438 e. The summed E-state index contributed by atoms with van der Waals surface area (Å²) < 4.78 is 33.1. The number of carbonyl (C=O) groups excluding carboxylic acids is 1. The summed E-state index contributed by atoms with van der Waals surface area (Å²) in [5.41, 5.74) is 2.26. The molecule has 0 atom stereocenters. The Balaban J connectivity index is 1.52. The molecule has 0 spiro atoms. The first-order chi connectivity index (χ1) is 17.3. The molecule has 0 saturated heterocycles. The fourth-order valence-electron chi connectivity index (χ4n) is 3.44. The van der Waals surface area contributed by atoms with E-state index in [1.807, 2.05) is 6.07 Å². The van der Waals surface area contributed by atoms with Crippen LogP contribution in [-0.2, 0) is 10.0 Å². The molecule has 1 amide bonds. The standard InChI is InChI=1S/C27H22N4O4S/c1-19-16-23(35-27-21(18-28)9-7-15-29-27)13-14-25(19)30-26(32)20-8-6-12-24(17-20)36(33,34)31(2)22-10-4-3-5-11-22/h3-17H,1-2H3,(H,30,32). The van der Waals surface area contributed by atoms with Crippen LogP contribution in [0.4, 0.5) is 11.4 Å². The van der Waals surface area contributed by atoms with Gasteiger partial charge in [-0.05, 0) is 73.2 Å². The summed E-state index contributed by atoms with van der Waals surface area (Å²) in [6.07, 6.45) is 1.53. The number of sulfonamides is 1. The number of carbonyl (C=O) groups is 1. The number of anilines is 2. The predicted molar refractivity (Wildman–Crippen MR) is 137 cm³/mol. The Morgan fingerprint density at radius 3 is 2.50 bits per heavy atom. The second-order valence-electron chi connectivity index (χ2n) is 7.84. The van der Waals surface area contributed by atoms with Crippen molar-refractivity contribution in [2.45, 2.75) is 11.8 Å². The highest BCUT2D eigenvalue weighted by Crippen LogP contribution is 2.27. The highest BCUT2D eigenvalue weighted by atomic mass is 32.2. The van der Waals surface area contributed by atoms with Gasteiger partial charge in [0.25, 0.3) is 15.9 Å². The van der Waals surface area contributed by atoms with Crippen molar-refractivity contribution in [2.24, 2.45) is 0 Å². The van der Waals surface area contributed by atoms with Crippen LogP contribution in [0.25, 0.3) is 0 Å². The van der Waals surface area contributed by atoms with E-state index >= 15 is 0 Å². The molecule has 1 heterocycles. The van der Waals surface area contributed by atoms with Crippen LogP contribution in [0.3, 0.4) is 0 Å². The Bertz CT molecular complexity index is 1560. The third-order valence-electron chi connectivity index (χ3n) is 5.43. The second kappa shape index (κ2) is 10.3. The van der Waals surface area contributed by atoms with Gasteiger partial charge in [0.2, 0.25) is 5.88 Å². The third-order valence-corrected chi connectivity index (χ3v) is 7.21. The lowest BCUT2D eigenvalue weighted by molar-refractivity contribution is 0.102. The van der Waals surface area contributed by atoms with E-state index in [-0.39, 0.29) is 16.3 Å². The van der Waals surface area contributed by atoms with Gasteiger partial charge in [0.1, 0.15) is 17.4 Å². The minimum absolute atomic E-state index is 0.00521. The van der Waals surface area contributed by atoms with Gasteiger partial charge in [-0.15, -0.1) is 0 Å². The minimum Gasteiger partial charge on any atom is -0.438 e. The molecule has 0 saturated carbocycles. The van der Waals surface area contributed by atoms with Gasteiger partial charge in [-0.25, -0.2) is 13.4 Å². The second-order valence-corrected chi connectivity index (χ2v) is 9.81. The van der Waals surface area contributed by atoms with Gasteiger partial charge < -0.3 is 10.1 Å². The highest BCUT2D eigenvalue weighted by molar-refractivity contribution is 7.92. The smallest absolute Gasteiger partial charge is 0.264 e. The number of hydrogen-bond acceptors (Lipinski definition) is 6. The number of aryl methyl sites for hydroxylation is 1. The predicted octanol–water partition coefficient (Wildman–Crippen LogP) is 5.13. The van der Waals surface area contributed by atoms with Crippen LogP contribution >= 0.6 is 0 Å². The van der Waals surface area contributed by atoms with Crippen molar-refractivity contribution >= 4 is 27.3 Å². The summed E-state index contributed by atoms with van der Waals surface area (Å²) in [5.74, 6) is 0.190. The zero-order valence-electron chi connectivity index (χ0n) is 19.5. The zero-order valence-corrected chi connectivity index (χ0v) is 20.4. The minimum atomic E-state index is -3.86. The van der Waals surface area contributed by atoms with E-state index in [1.165, 1.54) is 35.7 Å². The number of aromatic nitrogens is 1. The van der Waals surface area contributed by atoms with E-state index in [9.17, 15) is 18.5 Å². The van der Waals surface area contributed by atoms with E-state index in [4.69, 9.17) is 4.74 Å². The van der Waals surface area contributed by atoms with Crippen LogP contribution in [0, 0.1) is 18.3 Å². The van der Waals surface area contributed by atoms with Gasteiger partial charge in [0.15, 0.2) is 0 Å². The van der Waals surface area contributed by atoms with Crippen molar-refractivity contribution in [3.8, 4) is 17.7 Å². The molecular formula is C27H22N4O4S. The van der Waals surface area contributed by atoms with E-state index < -0.39 is 15.9 Å². The number of pyridine rings is 1. The Hall–Kier alpha value is -4.68. The molecule has 0 unspecified atom stereocenters. The van der Waals surface area contributed by atoms with E-state index in [2.05, 4.69) is 10.3 Å². The number of rotatable bonds is 7. The number of amides is 1. The van der Waals surface area contributed by atoms with Crippen LogP contribution in [-0.4, -0.2) is 26.4 Å². The molecule has 0 aliphatic carbocycles. The van der Waals surface area contributed by atoms with Gasteiger partial charge in [-0.2, -0.15) is 5.26 Å². The average Bonchev–Trinajstić information content (AvgIpc) is 2.90. The van der Waals surface area contributed by atoms with Gasteiger partial charge >= 0.3 is 0 Å². The number of nitriles is 1. The molecule has 9 heteroatoms. The van der Waals surface area contributed by atoms with Crippen molar-refractivity contribution in [3.63, 3.8) is 0 Å². The summed E-state index contributed by atoms with van der Waals surface area (Å²) in [6, 6.07) is 24.9. The molecule has 1 N–H and O–H groups in total. The Kier molecular flexibility index (Phi) is 6.99. The first-order valence-corrected chi connectivity index (χ1v) is 12.3. The van der Waals surface area contributed by atoms with Crippen LogP contribution in [0.1, 0.15) is 21.5 Å². The zero-order chi connectivity index (χ0) is 25.7. The molecule has 1 aromatic heterocycles. The van der Waals surface area contributed by atoms with E-state index in [0.717, 1.165) is 0 Å². The van der Waals surface area contributed by atoms with Crippen LogP contribution < -0.4 is 14.4 Å². The Morgan fingerprint density at radius 1 is 1.00 bits per heavy atom. The summed E-state index contributed by atoms with van der Waals surface area (Å²) in [4.78, 5) is 17.0. The molecule has 0 radical (unpaired) electrons. The van der Waals surface area contributed by atoms with Gasteiger partial charge in [0.05, 0.1) is 10.6 Å². The average molecular weight is 499 g/mol. The molecule has 4 rings (SSSR count). The van der Waals surface area contributed by atoms with E-state index in [1.54, 1.807) is 73.7 Å². The maximum atomic E-state index is 13.1. The van der Waals surface area contributed by atoms with Crippen LogP contribution in [0.2, 0.25) is 0 Å². The lowest BCUT2D eigenvalue weighted by Crippen LogP contribution is -2.26. The van der Waals surface area contributed by atoms with Crippen molar-refractivity contribution < 1.29 is 17.9 Å². The molecule has 8 nitrogen and oxygen atoms in total. The quantitative estimate of drug-likeness (QED) is 0.378.